The van der Waals surface area contributed by atoms with Crippen molar-refractivity contribution in [2.45, 2.75) is 31.8 Å². The number of β-amino-alcohol motifs (C(OH)–C–C–N with tert-alkyl or cyclic N) is 1. The van der Waals surface area contributed by atoms with Crippen LogP contribution in [0.4, 0.5) is 0 Å². The molecular weight excluding hydrogens is 262 g/mol. The summed E-state index contributed by atoms with van der Waals surface area (Å²) in [6.45, 7) is 5.64. The van der Waals surface area contributed by atoms with E-state index in [0.717, 1.165) is 23.9 Å². The molecule has 5 heteroatoms. The average molecular weight is 282 g/mol. The number of H-pyrrole nitrogens is 1. The monoisotopic (exact) mass is 281 g/mol. The molecular formula is C14H20ClN3O. The Morgan fingerprint density at radius 1 is 1.42 bits per heavy atom. The molecule has 0 aliphatic carbocycles. The van der Waals surface area contributed by atoms with Crippen molar-refractivity contribution in [2.75, 3.05) is 13.1 Å². The van der Waals surface area contributed by atoms with Crippen LogP contribution < -0.4 is 5.32 Å². The molecule has 2 heterocycles. The number of hydrogen-bond acceptors (Lipinski definition) is 3. The number of halogens is 1. The first kappa shape index (κ1) is 14.3. The maximum absolute atomic E-state index is 10.5. The maximum Gasteiger partial charge on any atom is 0.0812 e. The standard InChI is InChI=1S/C14H19N3O.ClH/c1-9-5-10-7-16-17-13(10)6-11(9)12-3-4-15-8-14(12,2)18;/h5-7,12,15,18H,3-4,8H2,1-2H3,(H,16,17);1H. The van der Waals surface area contributed by atoms with Crippen molar-refractivity contribution in [3.63, 3.8) is 0 Å². The third-order valence-corrected chi connectivity index (χ3v) is 4.05. The molecule has 2 atom stereocenters. The van der Waals surface area contributed by atoms with Gasteiger partial charge in [-0.25, -0.2) is 0 Å². The van der Waals surface area contributed by atoms with Crippen LogP contribution in [0.3, 0.4) is 0 Å². The number of aliphatic hydroxyl groups is 1. The highest BCUT2D eigenvalue weighted by molar-refractivity contribution is 5.85. The van der Waals surface area contributed by atoms with Crippen LogP contribution >= 0.6 is 12.4 Å². The molecule has 2 aromatic rings. The summed E-state index contributed by atoms with van der Waals surface area (Å²) in [7, 11) is 0. The lowest BCUT2D eigenvalue weighted by Crippen LogP contribution is -2.48. The van der Waals surface area contributed by atoms with Gasteiger partial charge in [-0.2, -0.15) is 5.10 Å². The summed E-state index contributed by atoms with van der Waals surface area (Å²) in [6, 6.07) is 4.29. The maximum atomic E-state index is 10.5. The Hall–Kier alpha value is -1.10. The molecule has 3 rings (SSSR count). The van der Waals surface area contributed by atoms with Gasteiger partial charge in [0.25, 0.3) is 0 Å². The van der Waals surface area contributed by atoms with Crippen LogP contribution in [0.1, 0.15) is 30.4 Å². The highest BCUT2D eigenvalue weighted by Gasteiger charge is 2.36. The second-order valence-corrected chi connectivity index (χ2v) is 5.54. The molecule has 0 radical (unpaired) electrons. The van der Waals surface area contributed by atoms with Crippen molar-refractivity contribution in [3.05, 3.63) is 29.5 Å². The van der Waals surface area contributed by atoms with Gasteiger partial charge >= 0.3 is 0 Å². The lowest BCUT2D eigenvalue weighted by atomic mass is 9.77. The minimum Gasteiger partial charge on any atom is -0.388 e. The van der Waals surface area contributed by atoms with E-state index in [1.54, 1.807) is 0 Å². The Balaban J connectivity index is 0.00000133. The summed E-state index contributed by atoms with van der Waals surface area (Å²) in [5.41, 5.74) is 2.83. The number of aryl methyl sites for hydroxylation is 1. The molecule has 1 saturated heterocycles. The minimum atomic E-state index is -0.684. The Bertz CT molecular complexity index is 579. The molecule has 4 nitrogen and oxygen atoms in total. The Morgan fingerprint density at radius 3 is 2.95 bits per heavy atom. The molecule has 1 aliphatic heterocycles. The fourth-order valence-corrected chi connectivity index (χ4v) is 3.01. The Kier molecular flexibility index (Phi) is 3.85. The molecule has 1 aromatic heterocycles. The fraction of sp³-hybridized carbons (Fsp3) is 0.500. The van der Waals surface area contributed by atoms with Crippen molar-refractivity contribution in [2.24, 2.45) is 0 Å². The predicted molar refractivity (Wildman–Crippen MR) is 78.9 cm³/mol. The van der Waals surface area contributed by atoms with Gasteiger partial charge in [-0.15, -0.1) is 12.4 Å². The molecule has 2 unspecified atom stereocenters. The van der Waals surface area contributed by atoms with Crippen molar-refractivity contribution in [1.82, 2.24) is 15.5 Å². The summed E-state index contributed by atoms with van der Waals surface area (Å²) < 4.78 is 0. The van der Waals surface area contributed by atoms with Crippen LogP contribution in [-0.2, 0) is 0 Å². The zero-order valence-electron chi connectivity index (χ0n) is 11.2. The highest BCUT2D eigenvalue weighted by Crippen LogP contribution is 2.36. The molecule has 0 spiro atoms. The van der Waals surface area contributed by atoms with Crippen molar-refractivity contribution in [3.8, 4) is 0 Å². The predicted octanol–water partition coefficient (Wildman–Crippen LogP) is 2.12. The number of nitrogens with zero attached hydrogens (tertiary/aromatic N) is 1. The molecule has 0 amide bonds. The first-order valence-electron chi connectivity index (χ1n) is 6.45. The molecule has 1 aromatic carbocycles. The SMILES string of the molecule is Cc1cc2cn[nH]c2cc1C1CCNCC1(C)O.Cl. The summed E-state index contributed by atoms with van der Waals surface area (Å²) in [6.07, 6.45) is 2.81. The summed E-state index contributed by atoms with van der Waals surface area (Å²) in [4.78, 5) is 0. The molecule has 104 valence electrons. The van der Waals surface area contributed by atoms with E-state index in [9.17, 15) is 5.11 Å². The second-order valence-electron chi connectivity index (χ2n) is 5.54. The molecule has 0 bridgehead atoms. The summed E-state index contributed by atoms with van der Waals surface area (Å²) >= 11 is 0. The quantitative estimate of drug-likeness (QED) is 0.750. The fourth-order valence-electron chi connectivity index (χ4n) is 3.01. The number of nitrogens with one attached hydrogen (secondary N) is 2. The van der Waals surface area contributed by atoms with E-state index in [4.69, 9.17) is 0 Å². The van der Waals surface area contributed by atoms with Gasteiger partial charge in [0.2, 0.25) is 0 Å². The Morgan fingerprint density at radius 2 is 2.21 bits per heavy atom. The largest absolute Gasteiger partial charge is 0.388 e. The molecule has 19 heavy (non-hydrogen) atoms. The van der Waals surface area contributed by atoms with Crippen LogP contribution in [-0.4, -0.2) is 34.0 Å². The van der Waals surface area contributed by atoms with Gasteiger partial charge in [0.05, 0.1) is 17.3 Å². The third kappa shape index (κ3) is 2.48. The number of aromatic amines is 1. The normalized spacial score (nSPS) is 27.2. The minimum absolute atomic E-state index is 0. The molecule has 3 N–H and O–H groups in total. The van der Waals surface area contributed by atoms with E-state index in [1.165, 1.54) is 11.1 Å². The molecule has 0 saturated carbocycles. The van der Waals surface area contributed by atoms with Crippen molar-refractivity contribution < 1.29 is 5.11 Å². The van der Waals surface area contributed by atoms with E-state index >= 15 is 0 Å². The van der Waals surface area contributed by atoms with Crippen LogP contribution in [0.25, 0.3) is 10.9 Å². The van der Waals surface area contributed by atoms with Gasteiger partial charge in [0.15, 0.2) is 0 Å². The van der Waals surface area contributed by atoms with Crippen LogP contribution in [0.5, 0.6) is 0 Å². The zero-order chi connectivity index (χ0) is 12.8. The van der Waals surface area contributed by atoms with Gasteiger partial charge < -0.3 is 10.4 Å². The van der Waals surface area contributed by atoms with Gasteiger partial charge in [-0.05, 0) is 50.1 Å². The van der Waals surface area contributed by atoms with Crippen LogP contribution in [0.2, 0.25) is 0 Å². The van der Waals surface area contributed by atoms with E-state index < -0.39 is 5.60 Å². The number of piperidine rings is 1. The van der Waals surface area contributed by atoms with E-state index in [2.05, 4.69) is 34.6 Å². The van der Waals surface area contributed by atoms with Crippen molar-refractivity contribution >= 4 is 23.3 Å². The molecule has 1 aliphatic rings. The lowest BCUT2D eigenvalue weighted by molar-refractivity contribution is 0.0130. The third-order valence-electron chi connectivity index (χ3n) is 4.05. The highest BCUT2D eigenvalue weighted by atomic mass is 35.5. The van der Waals surface area contributed by atoms with E-state index in [0.29, 0.717) is 6.54 Å². The number of benzene rings is 1. The average Bonchev–Trinajstić information content (AvgIpc) is 2.75. The van der Waals surface area contributed by atoms with Gasteiger partial charge in [-0.1, -0.05) is 0 Å². The number of hydrogen-bond donors (Lipinski definition) is 3. The smallest absolute Gasteiger partial charge is 0.0812 e. The van der Waals surface area contributed by atoms with Gasteiger partial charge in [-0.3, -0.25) is 5.10 Å². The lowest BCUT2D eigenvalue weighted by Gasteiger charge is -2.38. The van der Waals surface area contributed by atoms with Gasteiger partial charge in [0.1, 0.15) is 0 Å². The second kappa shape index (κ2) is 5.12. The van der Waals surface area contributed by atoms with Gasteiger partial charge in [0, 0.05) is 17.8 Å². The molecule has 1 fully saturated rings. The van der Waals surface area contributed by atoms with Crippen molar-refractivity contribution in [1.29, 1.82) is 0 Å². The zero-order valence-corrected chi connectivity index (χ0v) is 12.0. The first-order valence-corrected chi connectivity index (χ1v) is 6.45. The summed E-state index contributed by atoms with van der Waals surface area (Å²) in [5.74, 6) is 0.187. The Labute approximate surface area is 119 Å². The number of rotatable bonds is 1. The first-order chi connectivity index (χ1) is 8.58. The van der Waals surface area contributed by atoms with Crippen LogP contribution in [0, 0.1) is 6.92 Å². The number of aromatic nitrogens is 2. The van der Waals surface area contributed by atoms with E-state index in [1.807, 2.05) is 13.1 Å². The summed E-state index contributed by atoms with van der Waals surface area (Å²) in [5, 5.41) is 22.0. The number of fused-ring (bicyclic) bond motifs is 1. The van der Waals surface area contributed by atoms with Crippen LogP contribution in [0.15, 0.2) is 18.3 Å². The van der Waals surface area contributed by atoms with E-state index in [-0.39, 0.29) is 18.3 Å². The topological polar surface area (TPSA) is 60.9 Å².